The molecule has 1 aromatic carbocycles. The molecule has 3 rings (SSSR count). The van der Waals surface area contributed by atoms with Crippen molar-refractivity contribution in [2.45, 2.75) is 51.7 Å². The van der Waals surface area contributed by atoms with Crippen molar-refractivity contribution in [2.75, 3.05) is 18.9 Å². The van der Waals surface area contributed by atoms with Gasteiger partial charge in [-0.2, -0.15) is 0 Å². The van der Waals surface area contributed by atoms with Crippen molar-refractivity contribution >= 4 is 23.8 Å². The van der Waals surface area contributed by atoms with Crippen LogP contribution in [0.3, 0.4) is 0 Å². The molecule has 2 heterocycles. The molecule has 31 heavy (non-hydrogen) atoms. The van der Waals surface area contributed by atoms with Gasteiger partial charge in [-0.1, -0.05) is 56.8 Å². The van der Waals surface area contributed by atoms with Crippen LogP contribution in [-0.4, -0.2) is 45.7 Å². The van der Waals surface area contributed by atoms with Crippen LogP contribution in [0.2, 0.25) is 0 Å². The second-order valence-corrected chi connectivity index (χ2v) is 9.09. The SMILES string of the molecule is CCOC(=O)C1=C(CSc2nnc(-c3ccc(C(C)(C)C)cc3)n2CC)NC(=O)NC1. The summed E-state index contributed by atoms with van der Waals surface area (Å²) in [5.74, 6) is 0.740. The number of carbonyl (C=O) groups excluding carboxylic acids is 2. The van der Waals surface area contributed by atoms with Crippen molar-refractivity contribution in [2.24, 2.45) is 0 Å². The summed E-state index contributed by atoms with van der Waals surface area (Å²) in [5.41, 5.74) is 3.30. The van der Waals surface area contributed by atoms with Gasteiger partial charge in [0.25, 0.3) is 0 Å². The van der Waals surface area contributed by atoms with Gasteiger partial charge in [-0.3, -0.25) is 0 Å². The van der Waals surface area contributed by atoms with Crippen LogP contribution in [0, 0.1) is 0 Å². The van der Waals surface area contributed by atoms with Crippen molar-refractivity contribution in [3.05, 3.63) is 41.1 Å². The van der Waals surface area contributed by atoms with Crippen molar-refractivity contribution in [1.82, 2.24) is 25.4 Å². The summed E-state index contributed by atoms with van der Waals surface area (Å²) in [6.45, 7) is 11.5. The Kier molecular flexibility index (Phi) is 7.04. The Labute approximate surface area is 186 Å². The van der Waals surface area contributed by atoms with E-state index in [9.17, 15) is 9.59 Å². The number of hydrogen-bond acceptors (Lipinski definition) is 6. The number of aromatic nitrogens is 3. The number of nitrogens with one attached hydrogen (secondary N) is 2. The van der Waals surface area contributed by atoms with E-state index in [-0.39, 0.29) is 24.6 Å². The average Bonchev–Trinajstić information content (AvgIpc) is 3.14. The van der Waals surface area contributed by atoms with Gasteiger partial charge in [0.05, 0.1) is 18.7 Å². The molecule has 0 radical (unpaired) electrons. The maximum absolute atomic E-state index is 12.2. The zero-order valence-electron chi connectivity index (χ0n) is 18.6. The zero-order chi connectivity index (χ0) is 22.6. The predicted octanol–water partition coefficient (Wildman–Crippen LogP) is 3.48. The molecule has 1 aromatic heterocycles. The quantitative estimate of drug-likeness (QED) is 0.502. The zero-order valence-corrected chi connectivity index (χ0v) is 19.4. The monoisotopic (exact) mass is 443 g/mol. The van der Waals surface area contributed by atoms with Gasteiger partial charge in [0.2, 0.25) is 0 Å². The van der Waals surface area contributed by atoms with Gasteiger partial charge in [0.1, 0.15) is 0 Å². The van der Waals surface area contributed by atoms with E-state index in [2.05, 4.69) is 65.9 Å². The van der Waals surface area contributed by atoms with Crippen LogP contribution >= 0.6 is 11.8 Å². The number of nitrogens with zero attached hydrogens (tertiary/aromatic N) is 3. The molecule has 2 amide bonds. The van der Waals surface area contributed by atoms with Crippen molar-refractivity contribution in [1.29, 1.82) is 0 Å². The number of ether oxygens (including phenoxy) is 1. The largest absolute Gasteiger partial charge is 0.463 e. The second-order valence-electron chi connectivity index (χ2n) is 8.15. The van der Waals surface area contributed by atoms with Crippen LogP contribution in [-0.2, 0) is 21.5 Å². The molecule has 2 N–H and O–H groups in total. The lowest BCUT2D eigenvalue weighted by Crippen LogP contribution is -2.44. The van der Waals surface area contributed by atoms with E-state index in [0.717, 1.165) is 16.5 Å². The molecule has 1 aliphatic heterocycles. The number of thioether (sulfide) groups is 1. The fraction of sp³-hybridized carbons (Fsp3) is 0.455. The predicted molar refractivity (Wildman–Crippen MR) is 121 cm³/mol. The highest BCUT2D eigenvalue weighted by atomic mass is 32.2. The first-order valence-electron chi connectivity index (χ1n) is 10.4. The number of esters is 1. The van der Waals surface area contributed by atoms with Crippen LogP contribution in [0.1, 0.15) is 40.2 Å². The number of benzene rings is 1. The van der Waals surface area contributed by atoms with Gasteiger partial charge >= 0.3 is 12.0 Å². The Morgan fingerprint density at radius 3 is 2.52 bits per heavy atom. The van der Waals surface area contributed by atoms with Gasteiger partial charge < -0.3 is 19.9 Å². The topological polar surface area (TPSA) is 98.1 Å². The molecule has 0 bridgehead atoms. The Hall–Kier alpha value is -2.81. The van der Waals surface area contributed by atoms with Gasteiger partial charge in [-0.05, 0) is 24.8 Å². The van der Waals surface area contributed by atoms with Crippen LogP contribution in [0.25, 0.3) is 11.4 Å². The first-order valence-corrected chi connectivity index (χ1v) is 11.3. The normalized spacial score (nSPS) is 14.3. The molecule has 166 valence electrons. The summed E-state index contributed by atoms with van der Waals surface area (Å²) in [5, 5.41) is 14.8. The average molecular weight is 444 g/mol. The van der Waals surface area contributed by atoms with E-state index in [4.69, 9.17) is 4.74 Å². The molecule has 0 saturated heterocycles. The van der Waals surface area contributed by atoms with E-state index in [1.54, 1.807) is 6.92 Å². The third-order valence-electron chi connectivity index (χ3n) is 4.96. The summed E-state index contributed by atoms with van der Waals surface area (Å²) >= 11 is 1.42. The Morgan fingerprint density at radius 2 is 1.90 bits per heavy atom. The van der Waals surface area contributed by atoms with Gasteiger partial charge in [-0.25, -0.2) is 9.59 Å². The highest BCUT2D eigenvalue weighted by Crippen LogP contribution is 2.28. The van der Waals surface area contributed by atoms with E-state index >= 15 is 0 Å². The van der Waals surface area contributed by atoms with Crippen LogP contribution in [0.4, 0.5) is 4.79 Å². The van der Waals surface area contributed by atoms with E-state index in [1.807, 2.05) is 11.5 Å². The molecule has 0 atom stereocenters. The van der Waals surface area contributed by atoms with Gasteiger partial charge in [0.15, 0.2) is 11.0 Å². The molecule has 9 heteroatoms. The minimum absolute atomic E-state index is 0.0849. The smallest absolute Gasteiger partial charge is 0.337 e. The molecule has 0 fully saturated rings. The molecule has 2 aromatic rings. The summed E-state index contributed by atoms with van der Waals surface area (Å²) in [6, 6.07) is 8.05. The number of hydrogen-bond donors (Lipinski definition) is 2. The van der Waals surface area contributed by atoms with Gasteiger partial charge in [-0.15, -0.1) is 10.2 Å². The van der Waals surface area contributed by atoms with Crippen LogP contribution in [0.5, 0.6) is 0 Å². The molecule has 1 aliphatic rings. The minimum Gasteiger partial charge on any atom is -0.463 e. The third kappa shape index (κ3) is 5.28. The van der Waals surface area contributed by atoms with E-state index in [1.165, 1.54) is 17.3 Å². The number of rotatable bonds is 7. The summed E-state index contributed by atoms with van der Waals surface area (Å²) in [7, 11) is 0. The lowest BCUT2D eigenvalue weighted by Gasteiger charge is -2.21. The standard InChI is InChI=1S/C22H29N5O3S/c1-6-27-18(14-8-10-15(11-9-14)22(3,4)5)25-26-21(27)31-13-17-16(19(28)30-7-2)12-23-20(29)24-17/h8-11H,6-7,12-13H2,1-5H3,(H2,23,24,29). The summed E-state index contributed by atoms with van der Waals surface area (Å²) in [4.78, 5) is 24.0. The second kappa shape index (κ2) is 9.55. The van der Waals surface area contributed by atoms with Gasteiger partial charge in [0, 0.05) is 23.6 Å². The first-order chi connectivity index (χ1) is 14.7. The Morgan fingerprint density at radius 1 is 1.19 bits per heavy atom. The number of urea groups is 1. The van der Waals surface area contributed by atoms with Crippen LogP contribution in [0.15, 0.2) is 40.7 Å². The van der Waals surface area contributed by atoms with Crippen LogP contribution < -0.4 is 10.6 Å². The molecule has 0 unspecified atom stereocenters. The number of amides is 2. The molecule has 0 saturated carbocycles. The third-order valence-corrected chi connectivity index (χ3v) is 5.96. The van der Waals surface area contributed by atoms with Crippen molar-refractivity contribution in [3.8, 4) is 11.4 Å². The maximum Gasteiger partial charge on any atom is 0.337 e. The lowest BCUT2D eigenvalue weighted by molar-refractivity contribution is -0.138. The number of carbonyl (C=O) groups is 2. The lowest BCUT2D eigenvalue weighted by atomic mass is 9.87. The van der Waals surface area contributed by atoms with E-state index < -0.39 is 5.97 Å². The summed E-state index contributed by atoms with van der Waals surface area (Å²) < 4.78 is 7.14. The summed E-state index contributed by atoms with van der Waals surface area (Å²) in [6.07, 6.45) is 0. The molecule has 8 nitrogen and oxygen atoms in total. The minimum atomic E-state index is -0.429. The highest BCUT2D eigenvalue weighted by Gasteiger charge is 2.24. The molecule has 0 spiro atoms. The first kappa shape index (κ1) is 22.9. The Bertz CT molecular complexity index is 990. The Balaban J connectivity index is 1.82. The van der Waals surface area contributed by atoms with E-state index in [0.29, 0.717) is 23.6 Å². The van der Waals surface area contributed by atoms with Crippen molar-refractivity contribution < 1.29 is 14.3 Å². The molecular formula is C22H29N5O3S. The fourth-order valence-corrected chi connectivity index (χ4v) is 4.21. The molecular weight excluding hydrogens is 414 g/mol. The highest BCUT2D eigenvalue weighted by molar-refractivity contribution is 7.99. The molecule has 0 aliphatic carbocycles. The maximum atomic E-state index is 12.2. The fourth-order valence-electron chi connectivity index (χ4n) is 3.22. The van der Waals surface area contributed by atoms with Crippen molar-refractivity contribution in [3.63, 3.8) is 0 Å².